The minimum atomic E-state index is -0.295. The number of hydrogen-bond acceptors (Lipinski definition) is 4. The van der Waals surface area contributed by atoms with Crippen LogP contribution in [-0.2, 0) is 0 Å². The minimum absolute atomic E-state index is 0.119. The number of carbonyl (C=O) groups excluding carboxylic acids is 1. The predicted molar refractivity (Wildman–Crippen MR) is 103 cm³/mol. The Morgan fingerprint density at radius 1 is 1.26 bits per heavy atom. The van der Waals surface area contributed by atoms with Gasteiger partial charge in [0, 0.05) is 34.7 Å². The molecule has 3 atom stereocenters. The molecular formula is C22H25N3O2. The molecule has 1 aromatic carbocycles. The summed E-state index contributed by atoms with van der Waals surface area (Å²) in [6.45, 7) is 4.35. The summed E-state index contributed by atoms with van der Waals surface area (Å²) in [5, 5.41) is 19.3. The number of Topliss-reactive ketones (excluding diaryl/α,β-unsaturated/α-hetero) is 1. The molecule has 2 aliphatic heterocycles. The molecule has 2 aromatic rings. The van der Waals surface area contributed by atoms with Crippen molar-refractivity contribution in [3.63, 3.8) is 0 Å². The molecule has 2 saturated heterocycles. The van der Waals surface area contributed by atoms with Crippen LogP contribution in [0.4, 0.5) is 0 Å². The summed E-state index contributed by atoms with van der Waals surface area (Å²) in [5.41, 5.74) is 4.25. The summed E-state index contributed by atoms with van der Waals surface area (Å²) < 4.78 is 2.06. The number of aromatic nitrogens is 1. The van der Waals surface area contributed by atoms with Crippen molar-refractivity contribution in [2.45, 2.75) is 57.7 Å². The van der Waals surface area contributed by atoms with Gasteiger partial charge in [0.15, 0.2) is 5.78 Å². The third-order valence-electron chi connectivity index (χ3n) is 6.20. The highest BCUT2D eigenvalue weighted by atomic mass is 16.3. The highest BCUT2D eigenvalue weighted by Crippen LogP contribution is 2.36. The van der Waals surface area contributed by atoms with Crippen LogP contribution in [0.1, 0.15) is 53.0 Å². The van der Waals surface area contributed by atoms with Gasteiger partial charge in [-0.15, -0.1) is 0 Å². The monoisotopic (exact) mass is 363 g/mol. The molecule has 5 nitrogen and oxygen atoms in total. The lowest BCUT2D eigenvalue weighted by Gasteiger charge is -2.34. The van der Waals surface area contributed by atoms with Gasteiger partial charge in [-0.3, -0.25) is 9.69 Å². The molecule has 3 heterocycles. The van der Waals surface area contributed by atoms with Crippen molar-refractivity contribution in [3.05, 3.63) is 52.8 Å². The number of benzene rings is 1. The molecule has 0 spiro atoms. The standard InChI is InChI=1S/C22H25N3O2/c1-14-10-19(15(2)25(14)17-8-6-16(12-23)7-9-17)22(27)13-24-18-4-3-5-20(24)21(26)11-18/h6-10,18,20-21,26H,3-5,11,13H2,1-2H3/t18?,20?,21-/m1/s1. The zero-order valence-corrected chi connectivity index (χ0v) is 15.9. The van der Waals surface area contributed by atoms with Gasteiger partial charge in [0.05, 0.1) is 24.3 Å². The van der Waals surface area contributed by atoms with E-state index in [1.807, 2.05) is 32.0 Å². The zero-order valence-electron chi connectivity index (χ0n) is 15.9. The maximum Gasteiger partial charge on any atom is 0.178 e. The molecular weight excluding hydrogens is 338 g/mol. The van der Waals surface area contributed by atoms with Gasteiger partial charge in [0.25, 0.3) is 0 Å². The Bertz CT molecular complexity index is 907. The predicted octanol–water partition coefficient (Wildman–Crippen LogP) is 3.14. The first kappa shape index (κ1) is 18.0. The molecule has 2 aliphatic rings. The molecule has 4 rings (SSSR count). The largest absolute Gasteiger partial charge is 0.391 e. The van der Waals surface area contributed by atoms with Crippen LogP contribution in [0.25, 0.3) is 5.69 Å². The van der Waals surface area contributed by atoms with Crippen LogP contribution in [-0.4, -0.2) is 45.1 Å². The number of aliphatic hydroxyl groups is 1. The fourth-order valence-corrected chi connectivity index (χ4v) is 4.89. The van der Waals surface area contributed by atoms with Crippen LogP contribution >= 0.6 is 0 Å². The SMILES string of the molecule is Cc1cc(C(=O)CN2C3CCCC2[C@H](O)C3)c(C)n1-c1ccc(C#N)cc1. The zero-order chi connectivity index (χ0) is 19.1. The van der Waals surface area contributed by atoms with E-state index < -0.39 is 0 Å². The minimum Gasteiger partial charge on any atom is -0.391 e. The highest BCUT2D eigenvalue weighted by Gasteiger charge is 2.43. The van der Waals surface area contributed by atoms with E-state index in [0.717, 1.165) is 48.3 Å². The average molecular weight is 363 g/mol. The molecule has 0 aliphatic carbocycles. The second-order valence-electron chi connectivity index (χ2n) is 7.83. The molecule has 140 valence electrons. The molecule has 27 heavy (non-hydrogen) atoms. The maximum absolute atomic E-state index is 13.1. The van der Waals surface area contributed by atoms with Crippen LogP contribution in [0.15, 0.2) is 30.3 Å². The second-order valence-corrected chi connectivity index (χ2v) is 7.83. The van der Waals surface area contributed by atoms with E-state index in [2.05, 4.69) is 15.5 Å². The molecule has 0 amide bonds. The number of nitrogens with zero attached hydrogens (tertiary/aromatic N) is 3. The number of carbonyl (C=O) groups is 1. The van der Waals surface area contributed by atoms with Gasteiger partial charge >= 0.3 is 0 Å². The highest BCUT2D eigenvalue weighted by molar-refractivity contribution is 5.99. The first-order valence-corrected chi connectivity index (χ1v) is 9.66. The third-order valence-corrected chi connectivity index (χ3v) is 6.20. The Hall–Kier alpha value is -2.42. The van der Waals surface area contributed by atoms with Crippen molar-refractivity contribution in [1.82, 2.24) is 9.47 Å². The normalized spacial score (nSPS) is 24.7. The number of hydrogen-bond donors (Lipinski definition) is 1. The number of aliphatic hydroxyl groups excluding tert-OH is 1. The van der Waals surface area contributed by atoms with E-state index in [1.54, 1.807) is 12.1 Å². The fourth-order valence-electron chi connectivity index (χ4n) is 4.89. The van der Waals surface area contributed by atoms with Crippen molar-refractivity contribution < 1.29 is 9.90 Å². The van der Waals surface area contributed by atoms with Gasteiger partial charge in [-0.2, -0.15) is 5.26 Å². The van der Waals surface area contributed by atoms with E-state index in [-0.39, 0.29) is 17.9 Å². The first-order valence-electron chi connectivity index (χ1n) is 9.66. The van der Waals surface area contributed by atoms with Crippen molar-refractivity contribution in [3.8, 4) is 11.8 Å². The Morgan fingerprint density at radius 3 is 2.67 bits per heavy atom. The maximum atomic E-state index is 13.1. The second kappa shape index (κ2) is 6.95. The number of aryl methyl sites for hydroxylation is 1. The lowest BCUT2D eigenvalue weighted by Crippen LogP contribution is -2.44. The molecule has 1 N–H and O–H groups in total. The average Bonchev–Trinajstić information content (AvgIpc) is 3.03. The number of rotatable bonds is 4. The summed E-state index contributed by atoms with van der Waals surface area (Å²) in [4.78, 5) is 15.3. The fraction of sp³-hybridized carbons (Fsp3) is 0.455. The van der Waals surface area contributed by atoms with E-state index in [9.17, 15) is 9.90 Å². The molecule has 5 heteroatoms. The molecule has 0 saturated carbocycles. The summed E-state index contributed by atoms with van der Waals surface area (Å²) in [5.74, 6) is 0.119. The summed E-state index contributed by atoms with van der Waals surface area (Å²) in [7, 11) is 0. The van der Waals surface area contributed by atoms with Gasteiger partial charge in [-0.25, -0.2) is 0 Å². The van der Waals surface area contributed by atoms with Crippen molar-refractivity contribution in [2.24, 2.45) is 0 Å². The molecule has 2 unspecified atom stereocenters. The van der Waals surface area contributed by atoms with Gasteiger partial charge in [0.2, 0.25) is 0 Å². The third kappa shape index (κ3) is 3.09. The number of ketones is 1. The van der Waals surface area contributed by atoms with Gasteiger partial charge in [-0.05, 0) is 63.4 Å². The summed E-state index contributed by atoms with van der Waals surface area (Å²) in [6.07, 6.45) is 3.70. The van der Waals surface area contributed by atoms with Crippen molar-refractivity contribution in [2.75, 3.05) is 6.54 Å². The van der Waals surface area contributed by atoms with Gasteiger partial charge < -0.3 is 9.67 Å². The van der Waals surface area contributed by atoms with Crippen molar-refractivity contribution >= 4 is 5.78 Å². The molecule has 2 bridgehead atoms. The quantitative estimate of drug-likeness (QED) is 0.848. The van der Waals surface area contributed by atoms with Crippen LogP contribution in [0.5, 0.6) is 0 Å². The van der Waals surface area contributed by atoms with Crippen molar-refractivity contribution in [1.29, 1.82) is 5.26 Å². The van der Waals surface area contributed by atoms with E-state index in [0.29, 0.717) is 18.2 Å². The molecule has 1 aromatic heterocycles. The lowest BCUT2D eigenvalue weighted by molar-refractivity contribution is 0.0688. The van der Waals surface area contributed by atoms with Gasteiger partial charge in [-0.1, -0.05) is 6.42 Å². The van der Waals surface area contributed by atoms with Gasteiger partial charge in [0.1, 0.15) is 0 Å². The first-order chi connectivity index (χ1) is 13.0. The summed E-state index contributed by atoms with van der Waals surface area (Å²) >= 11 is 0. The Kier molecular flexibility index (Phi) is 4.63. The number of fused-ring (bicyclic) bond motifs is 2. The topological polar surface area (TPSA) is 69.3 Å². The Labute approximate surface area is 159 Å². The summed E-state index contributed by atoms with van der Waals surface area (Å²) in [6, 6.07) is 12.0. The van der Waals surface area contributed by atoms with E-state index >= 15 is 0 Å². The Morgan fingerprint density at radius 2 is 2.00 bits per heavy atom. The molecule has 2 fully saturated rings. The van der Waals surface area contributed by atoms with Crippen LogP contribution in [0.3, 0.4) is 0 Å². The number of piperidine rings is 1. The van der Waals surface area contributed by atoms with E-state index in [1.165, 1.54) is 0 Å². The van der Waals surface area contributed by atoms with Crippen LogP contribution < -0.4 is 0 Å². The number of nitriles is 1. The van der Waals surface area contributed by atoms with E-state index in [4.69, 9.17) is 5.26 Å². The molecule has 0 radical (unpaired) electrons. The smallest absolute Gasteiger partial charge is 0.178 e. The van der Waals surface area contributed by atoms with Crippen LogP contribution in [0.2, 0.25) is 0 Å². The Balaban J connectivity index is 1.59. The van der Waals surface area contributed by atoms with Crippen LogP contribution in [0, 0.1) is 25.2 Å². The lowest BCUT2D eigenvalue weighted by atomic mass is 10.0.